The summed E-state index contributed by atoms with van der Waals surface area (Å²) in [4.78, 5) is 10.5. The van der Waals surface area contributed by atoms with Crippen LogP contribution in [-0.4, -0.2) is 23.2 Å². The Labute approximate surface area is 105 Å². The molecule has 4 nitrogen and oxygen atoms in total. The van der Waals surface area contributed by atoms with Crippen molar-refractivity contribution < 1.29 is 9.90 Å². The van der Waals surface area contributed by atoms with Gasteiger partial charge in [0.25, 0.3) is 0 Å². The SMILES string of the molecule is CCCCC(N)CCC(C)CC(N)CC(=O)O. The molecule has 0 saturated carbocycles. The zero-order valence-electron chi connectivity index (χ0n) is 11.2. The molecule has 0 radical (unpaired) electrons. The minimum atomic E-state index is -0.815. The molecule has 0 spiro atoms. The molecule has 0 saturated heterocycles. The molecular formula is C13H28N2O2. The summed E-state index contributed by atoms with van der Waals surface area (Å²) in [6, 6.07) is 0.0578. The Balaban J connectivity index is 3.63. The van der Waals surface area contributed by atoms with Crippen LogP contribution in [0.25, 0.3) is 0 Å². The minimum Gasteiger partial charge on any atom is -0.481 e. The maximum atomic E-state index is 10.5. The summed E-state index contributed by atoms with van der Waals surface area (Å²) >= 11 is 0. The van der Waals surface area contributed by atoms with Crippen molar-refractivity contribution in [1.29, 1.82) is 0 Å². The normalized spacial score (nSPS) is 16.5. The van der Waals surface area contributed by atoms with Crippen LogP contribution in [0, 0.1) is 5.92 Å². The molecular weight excluding hydrogens is 216 g/mol. The number of carbonyl (C=O) groups is 1. The molecule has 3 atom stereocenters. The fourth-order valence-corrected chi connectivity index (χ4v) is 2.05. The highest BCUT2D eigenvalue weighted by Crippen LogP contribution is 2.16. The molecule has 0 aromatic rings. The first kappa shape index (κ1) is 16.4. The number of hydrogen-bond donors (Lipinski definition) is 3. The molecule has 0 amide bonds. The first-order valence-electron chi connectivity index (χ1n) is 6.68. The van der Waals surface area contributed by atoms with Gasteiger partial charge in [-0.3, -0.25) is 4.79 Å². The molecule has 0 fully saturated rings. The van der Waals surface area contributed by atoms with Gasteiger partial charge < -0.3 is 16.6 Å². The van der Waals surface area contributed by atoms with Crippen LogP contribution in [0.5, 0.6) is 0 Å². The molecule has 0 aliphatic carbocycles. The van der Waals surface area contributed by atoms with Crippen molar-refractivity contribution in [2.24, 2.45) is 17.4 Å². The van der Waals surface area contributed by atoms with Gasteiger partial charge in [0, 0.05) is 12.1 Å². The van der Waals surface area contributed by atoms with Gasteiger partial charge in [-0.25, -0.2) is 0 Å². The number of carboxylic acids is 1. The summed E-state index contributed by atoms with van der Waals surface area (Å²) in [6.07, 6.45) is 6.35. The van der Waals surface area contributed by atoms with Crippen molar-refractivity contribution in [3.63, 3.8) is 0 Å². The van der Waals surface area contributed by atoms with E-state index in [1.807, 2.05) is 0 Å². The van der Waals surface area contributed by atoms with Crippen LogP contribution in [0.3, 0.4) is 0 Å². The number of hydrogen-bond acceptors (Lipinski definition) is 3. The van der Waals surface area contributed by atoms with Crippen molar-refractivity contribution in [3.8, 4) is 0 Å². The standard InChI is InChI=1S/C13H28N2O2/c1-3-4-5-11(14)7-6-10(2)8-12(15)9-13(16)17/h10-12H,3-9,14-15H2,1-2H3,(H,16,17). The summed E-state index contributed by atoms with van der Waals surface area (Å²) < 4.78 is 0. The Morgan fingerprint density at radius 3 is 2.35 bits per heavy atom. The number of rotatable bonds is 10. The van der Waals surface area contributed by atoms with Gasteiger partial charge in [-0.05, 0) is 31.6 Å². The summed E-state index contributed by atoms with van der Waals surface area (Å²) in [5, 5.41) is 8.61. The van der Waals surface area contributed by atoms with E-state index >= 15 is 0 Å². The van der Waals surface area contributed by atoms with E-state index < -0.39 is 5.97 Å². The molecule has 0 bridgehead atoms. The quantitative estimate of drug-likeness (QED) is 0.549. The monoisotopic (exact) mass is 244 g/mol. The highest BCUT2D eigenvalue weighted by Gasteiger charge is 2.13. The molecule has 17 heavy (non-hydrogen) atoms. The highest BCUT2D eigenvalue weighted by atomic mass is 16.4. The first-order chi connectivity index (χ1) is 7.95. The maximum Gasteiger partial charge on any atom is 0.304 e. The van der Waals surface area contributed by atoms with E-state index in [-0.39, 0.29) is 18.5 Å². The van der Waals surface area contributed by atoms with Crippen LogP contribution in [0.1, 0.15) is 58.8 Å². The van der Waals surface area contributed by atoms with Gasteiger partial charge in [-0.15, -0.1) is 0 Å². The van der Waals surface area contributed by atoms with Crippen molar-refractivity contribution in [3.05, 3.63) is 0 Å². The first-order valence-corrected chi connectivity index (χ1v) is 6.68. The molecule has 102 valence electrons. The van der Waals surface area contributed by atoms with Crippen molar-refractivity contribution in [2.75, 3.05) is 0 Å². The molecule has 0 rings (SSSR count). The second-order valence-corrected chi connectivity index (χ2v) is 5.18. The van der Waals surface area contributed by atoms with Crippen LogP contribution < -0.4 is 11.5 Å². The summed E-state index contributed by atoms with van der Waals surface area (Å²) in [6.45, 7) is 4.29. The van der Waals surface area contributed by atoms with Crippen molar-refractivity contribution in [1.82, 2.24) is 0 Å². The minimum absolute atomic E-state index is 0.0617. The van der Waals surface area contributed by atoms with Crippen LogP contribution in [0.2, 0.25) is 0 Å². The fourth-order valence-electron chi connectivity index (χ4n) is 2.05. The number of aliphatic carboxylic acids is 1. The fraction of sp³-hybridized carbons (Fsp3) is 0.923. The third kappa shape index (κ3) is 10.3. The average molecular weight is 244 g/mol. The molecule has 0 aromatic heterocycles. The molecule has 0 aliphatic heterocycles. The molecule has 0 aromatic carbocycles. The van der Waals surface area contributed by atoms with Crippen LogP contribution in [0.4, 0.5) is 0 Å². The maximum absolute atomic E-state index is 10.5. The lowest BCUT2D eigenvalue weighted by Crippen LogP contribution is -2.27. The second-order valence-electron chi connectivity index (χ2n) is 5.18. The number of carboxylic acid groups (broad SMARTS) is 1. The Kier molecular flexibility index (Phi) is 9.09. The van der Waals surface area contributed by atoms with Gasteiger partial charge in [-0.2, -0.15) is 0 Å². The molecule has 0 aliphatic rings. The van der Waals surface area contributed by atoms with Crippen LogP contribution in [0.15, 0.2) is 0 Å². The predicted octanol–water partition coefficient (Wildman–Crippen LogP) is 2.11. The third-order valence-corrected chi connectivity index (χ3v) is 3.10. The van der Waals surface area contributed by atoms with Gasteiger partial charge in [0.15, 0.2) is 0 Å². The average Bonchev–Trinajstić information content (AvgIpc) is 2.22. The van der Waals surface area contributed by atoms with E-state index in [0.717, 1.165) is 25.7 Å². The topological polar surface area (TPSA) is 89.3 Å². The van der Waals surface area contributed by atoms with E-state index in [0.29, 0.717) is 5.92 Å². The summed E-state index contributed by atoms with van der Waals surface area (Å²) in [5.74, 6) is -0.360. The van der Waals surface area contributed by atoms with Crippen LogP contribution >= 0.6 is 0 Å². The molecule has 3 unspecified atom stereocenters. The zero-order chi connectivity index (χ0) is 13.3. The van der Waals surface area contributed by atoms with Gasteiger partial charge in [-0.1, -0.05) is 26.7 Å². The Morgan fingerprint density at radius 2 is 1.82 bits per heavy atom. The van der Waals surface area contributed by atoms with E-state index in [1.165, 1.54) is 12.8 Å². The van der Waals surface area contributed by atoms with Gasteiger partial charge in [0.1, 0.15) is 0 Å². The predicted molar refractivity (Wildman–Crippen MR) is 70.7 cm³/mol. The lowest BCUT2D eigenvalue weighted by atomic mass is 9.93. The number of unbranched alkanes of at least 4 members (excludes halogenated alkanes) is 1. The Morgan fingerprint density at radius 1 is 1.18 bits per heavy atom. The molecule has 5 N–H and O–H groups in total. The third-order valence-electron chi connectivity index (χ3n) is 3.10. The smallest absolute Gasteiger partial charge is 0.304 e. The second kappa shape index (κ2) is 9.42. The van der Waals surface area contributed by atoms with E-state index in [1.54, 1.807) is 0 Å². The largest absolute Gasteiger partial charge is 0.481 e. The van der Waals surface area contributed by atoms with Crippen molar-refractivity contribution >= 4 is 5.97 Å². The van der Waals surface area contributed by atoms with Gasteiger partial charge >= 0.3 is 5.97 Å². The molecule has 4 heteroatoms. The van der Waals surface area contributed by atoms with Gasteiger partial charge in [0.2, 0.25) is 0 Å². The summed E-state index contributed by atoms with van der Waals surface area (Å²) in [5.41, 5.74) is 11.7. The Hall–Kier alpha value is -0.610. The van der Waals surface area contributed by atoms with E-state index in [2.05, 4.69) is 13.8 Å². The van der Waals surface area contributed by atoms with E-state index in [4.69, 9.17) is 16.6 Å². The van der Waals surface area contributed by atoms with E-state index in [9.17, 15) is 4.79 Å². The zero-order valence-corrected chi connectivity index (χ0v) is 11.2. The Bertz CT molecular complexity index is 210. The lowest BCUT2D eigenvalue weighted by molar-refractivity contribution is -0.137. The highest BCUT2D eigenvalue weighted by molar-refractivity contribution is 5.67. The van der Waals surface area contributed by atoms with Crippen molar-refractivity contribution in [2.45, 2.75) is 70.9 Å². The lowest BCUT2D eigenvalue weighted by Gasteiger charge is -2.18. The number of nitrogens with two attached hydrogens (primary N) is 2. The van der Waals surface area contributed by atoms with Crippen LogP contribution in [-0.2, 0) is 4.79 Å². The van der Waals surface area contributed by atoms with Gasteiger partial charge in [0.05, 0.1) is 6.42 Å². The summed E-state index contributed by atoms with van der Waals surface area (Å²) in [7, 11) is 0. The molecule has 0 heterocycles.